The smallest absolute Gasteiger partial charge is 0.342 e. The lowest BCUT2D eigenvalue weighted by Crippen LogP contribution is -2.07. The number of nitro groups is 1. The minimum atomic E-state index is -1.31. The average Bonchev–Trinajstić information content (AvgIpc) is 2.38. The third-order valence-electron chi connectivity index (χ3n) is 2.42. The third-order valence-corrected chi connectivity index (χ3v) is 2.42. The number of anilines is 1. The number of benzene rings is 1. The number of hydrogen-bond donors (Lipinski definition) is 2. The first-order valence-corrected chi connectivity index (χ1v) is 5.89. The van der Waals surface area contributed by atoms with Gasteiger partial charge in [0.2, 0.25) is 0 Å². The minimum Gasteiger partial charge on any atom is -0.477 e. The third kappa shape index (κ3) is 4.55. The number of rotatable bonds is 8. The molecule has 104 valence electrons. The van der Waals surface area contributed by atoms with E-state index in [0.717, 1.165) is 6.42 Å². The zero-order valence-corrected chi connectivity index (χ0v) is 10.6. The van der Waals surface area contributed by atoms with Crippen LogP contribution in [0.4, 0.5) is 11.4 Å². The molecule has 2 N–H and O–H groups in total. The maximum atomic E-state index is 10.8. The molecule has 0 unspecified atom stereocenters. The number of carboxylic acid groups (broad SMARTS) is 1. The molecule has 7 nitrogen and oxygen atoms in total. The number of carbonyl (C=O) groups is 1. The second kappa shape index (κ2) is 7.32. The Morgan fingerprint density at radius 2 is 2.26 bits per heavy atom. The van der Waals surface area contributed by atoms with Crippen LogP contribution in [0.25, 0.3) is 0 Å². The van der Waals surface area contributed by atoms with Crippen LogP contribution in [0.1, 0.15) is 23.7 Å². The summed E-state index contributed by atoms with van der Waals surface area (Å²) in [6.45, 7) is 3.77. The first-order valence-electron chi connectivity index (χ1n) is 5.89. The highest BCUT2D eigenvalue weighted by molar-refractivity contribution is 5.93. The highest BCUT2D eigenvalue weighted by Gasteiger charge is 2.19. The van der Waals surface area contributed by atoms with Gasteiger partial charge in [-0.1, -0.05) is 0 Å². The first-order chi connectivity index (χ1) is 9.06. The van der Waals surface area contributed by atoms with E-state index in [-0.39, 0.29) is 5.56 Å². The van der Waals surface area contributed by atoms with Crippen molar-refractivity contribution in [3.05, 3.63) is 33.9 Å². The first kappa shape index (κ1) is 14.9. The second-order valence-electron chi connectivity index (χ2n) is 3.77. The van der Waals surface area contributed by atoms with Crippen LogP contribution in [0, 0.1) is 10.1 Å². The van der Waals surface area contributed by atoms with Gasteiger partial charge in [0.1, 0.15) is 5.56 Å². The summed E-state index contributed by atoms with van der Waals surface area (Å²) < 4.78 is 5.16. The standard InChI is InChI=1S/C12H16N2O5/c1-2-19-7-3-6-13-9-4-5-10(12(15)16)11(8-9)14(17)18/h4-5,8,13H,2-3,6-7H2,1H3,(H,15,16). The molecule has 7 heteroatoms. The van der Waals surface area contributed by atoms with Gasteiger partial charge in [0.25, 0.3) is 5.69 Å². The lowest BCUT2D eigenvalue weighted by molar-refractivity contribution is -0.385. The minimum absolute atomic E-state index is 0.315. The Morgan fingerprint density at radius 1 is 1.53 bits per heavy atom. The summed E-state index contributed by atoms with van der Waals surface area (Å²) in [6, 6.07) is 3.96. The van der Waals surface area contributed by atoms with Crippen molar-refractivity contribution in [2.75, 3.05) is 25.1 Å². The fourth-order valence-corrected chi connectivity index (χ4v) is 1.52. The maximum Gasteiger partial charge on any atom is 0.342 e. The molecule has 0 bridgehead atoms. The van der Waals surface area contributed by atoms with Crippen molar-refractivity contribution in [3.63, 3.8) is 0 Å². The van der Waals surface area contributed by atoms with E-state index < -0.39 is 16.6 Å². The maximum absolute atomic E-state index is 10.8. The summed E-state index contributed by atoms with van der Waals surface area (Å²) in [5.41, 5.74) is -0.208. The van der Waals surface area contributed by atoms with Crippen LogP contribution in [0.2, 0.25) is 0 Å². The second-order valence-corrected chi connectivity index (χ2v) is 3.77. The highest BCUT2D eigenvalue weighted by atomic mass is 16.6. The molecular formula is C12H16N2O5. The Labute approximate surface area is 110 Å². The Hall–Kier alpha value is -2.15. The molecule has 0 aliphatic rings. The molecule has 0 saturated heterocycles. The van der Waals surface area contributed by atoms with Gasteiger partial charge in [0.15, 0.2) is 0 Å². The lowest BCUT2D eigenvalue weighted by atomic mass is 10.1. The molecule has 0 heterocycles. The number of nitro benzene ring substituents is 1. The Kier molecular flexibility index (Phi) is 5.74. The molecule has 0 aromatic heterocycles. The van der Waals surface area contributed by atoms with Gasteiger partial charge in [0.05, 0.1) is 4.92 Å². The molecule has 1 aromatic rings. The van der Waals surface area contributed by atoms with Crippen LogP contribution in [0.5, 0.6) is 0 Å². The van der Waals surface area contributed by atoms with Crippen LogP contribution in [-0.4, -0.2) is 35.8 Å². The van der Waals surface area contributed by atoms with E-state index in [9.17, 15) is 14.9 Å². The predicted molar refractivity (Wildman–Crippen MR) is 69.7 cm³/mol. The fourth-order valence-electron chi connectivity index (χ4n) is 1.52. The molecule has 0 fully saturated rings. The molecule has 0 aliphatic carbocycles. The Morgan fingerprint density at radius 3 is 2.84 bits per heavy atom. The van der Waals surface area contributed by atoms with E-state index in [1.54, 1.807) is 0 Å². The zero-order valence-electron chi connectivity index (χ0n) is 10.6. The van der Waals surface area contributed by atoms with Crippen LogP contribution in [0.15, 0.2) is 18.2 Å². The number of carboxylic acids is 1. The van der Waals surface area contributed by atoms with Gasteiger partial charge in [-0.15, -0.1) is 0 Å². The predicted octanol–water partition coefficient (Wildman–Crippen LogP) is 2.13. The van der Waals surface area contributed by atoms with E-state index in [1.807, 2.05) is 6.92 Å². The van der Waals surface area contributed by atoms with Gasteiger partial charge in [-0.3, -0.25) is 10.1 Å². The highest BCUT2D eigenvalue weighted by Crippen LogP contribution is 2.23. The fraction of sp³-hybridized carbons (Fsp3) is 0.417. The monoisotopic (exact) mass is 268 g/mol. The van der Waals surface area contributed by atoms with Crippen molar-refractivity contribution in [1.29, 1.82) is 0 Å². The van der Waals surface area contributed by atoms with Gasteiger partial charge in [0, 0.05) is 31.5 Å². The van der Waals surface area contributed by atoms with Crippen molar-refractivity contribution >= 4 is 17.3 Å². The van der Waals surface area contributed by atoms with Crippen molar-refractivity contribution < 1.29 is 19.6 Å². The molecule has 0 radical (unpaired) electrons. The van der Waals surface area contributed by atoms with Gasteiger partial charge in [-0.25, -0.2) is 4.79 Å². The molecule has 1 rings (SSSR count). The summed E-state index contributed by atoms with van der Waals surface area (Å²) in [5, 5.41) is 22.6. The molecule has 0 saturated carbocycles. The largest absolute Gasteiger partial charge is 0.477 e. The lowest BCUT2D eigenvalue weighted by Gasteiger charge is -2.07. The van der Waals surface area contributed by atoms with Crippen LogP contribution in [0.3, 0.4) is 0 Å². The molecule has 19 heavy (non-hydrogen) atoms. The number of nitrogens with one attached hydrogen (secondary N) is 1. The molecular weight excluding hydrogens is 252 g/mol. The van der Waals surface area contributed by atoms with E-state index >= 15 is 0 Å². The van der Waals surface area contributed by atoms with Crippen molar-refractivity contribution in [2.45, 2.75) is 13.3 Å². The van der Waals surface area contributed by atoms with Crippen molar-refractivity contribution in [3.8, 4) is 0 Å². The van der Waals surface area contributed by atoms with Crippen LogP contribution >= 0.6 is 0 Å². The van der Waals surface area contributed by atoms with E-state index in [2.05, 4.69) is 5.32 Å². The number of nitrogens with zero attached hydrogens (tertiary/aromatic N) is 1. The SMILES string of the molecule is CCOCCCNc1ccc(C(=O)O)c([N+](=O)[O-])c1. The summed E-state index contributed by atoms with van der Waals surface area (Å²) >= 11 is 0. The quantitative estimate of drug-likeness (QED) is 0.425. The van der Waals surface area contributed by atoms with Gasteiger partial charge < -0.3 is 15.2 Å². The summed E-state index contributed by atoms with van der Waals surface area (Å²) in [5.74, 6) is -1.31. The Bertz CT molecular complexity index is 461. The Balaban J connectivity index is 2.68. The number of hydrogen-bond acceptors (Lipinski definition) is 5. The van der Waals surface area contributed by atoms with E-state index in [0.29, 0.717) is 25.4 Å². The van der Waals surface area contributed by atoms with Crippen LogP contribution < -0.4 is 5.32 Å². The summed E-state index contributed by atoms with van der Waals surface area (Å²) in [4.78, 5) is 20.9. The molecule has 1 aromatic carbocycles. The molecule has 0 atom stereocenters. The average molecular weight is 268 g/mol. The molecule has 0 spiro atoms. The van der Waals surface area contributed by atoms with E-state index in [4.69, 9.17) is 9.84 Å². The molecule has 0 aliphatic heterocycles. The number of ether oxygens (including phenoxy) is 1. The van der Waals surface area contributed by atoms with Crippen LogP contribution in [-0.2, 0) is 4.74 Å². The van der Waals surface area contributed by atoms with Gasteiger partial charge in [-0.2, -0.15) is 0 Å². The van der Waals surface area contributed by atoms with Gasteiger partial charge in [-0.05, 0) is 25.5 Å². The van der Waals surface area contributed by atoms with Gasteiger partial charge >= 0.3 is 5.97 Å². The number of aromatic carboxylic acids is 1. The summed E-state index contributed by atoms with van der Waals surface area (Å²) in [7, 11) is 0. The van der Waals surface area contributed by atoms with E-state index in [1.165, 1.54) is 18.2 Å². The van der Waals surface area contributed by atoms with Crippen molar-refractivity contribution in [2.24, 2.45) is 0 Å². The normalized spacial score (nSPS) is 10.2. The zero-order chi connectivity index (χ0) is 14.3. The molecule has 0 amide bonds. The summed E-state index contributed by atoms with van der Waals surface area (Å²) in [6.07, 6.45) is 0.766. The topological polar surface area (TPSA) is 102 Å². The van der Waals surface area contributed by atoms with Crippen molar-refractivity contribution in [1.82, 2.24) is 0 Å².